The summed E-state index contributed by atoms with van der Waals surface area (Å²) >= 11 is 0. The fraction of sp³-hybridized carbons (Fsp3) is 0.118. The Balaban J connectivity index is 0.000000132. The minimum atomic E-state index is 0. The minimum absolute atomic E-state index is 0. The average molecular weight is 1430 g/mol. The Hall–Kier alpha value is -8.38. The topological polar surface area (TPSA) is 77.5 Å². The van der Waals surface area contributed by atoms with Crippen LogP contribution >= 0.6 is 0 Å². The molecule has 4 aliphatic rings. The number of hydrogen-bond acceptors (Lipinski definition) is 12. The summed E-state index contributed by atoms with van der Waals surface area (Å²) in [6.07, 6.45) is 5.41. The van der Waals surface area contributed by atoms with Gasteiger partial charge in [0.15, 0.2) is 0 Å². The molecule has 0 saturated carbocycles. The molecule has 82 heavy (non-hydrogen) atoms. The van der Waals surface area contributed by atoms with E-state index in [1.807, 2.05) is 157 Å². The van der Waals surface area contributed by atoms with Crippen LogP contribution in [0.15, 0.2) is 219 Å². The zero-order chi connectivity index (χ0) is 54.8. The molecule has 0 unspecified atom stereocenters. The Morgan fingerprint density at radius 1 is 0.378 bits per heavy atom. The number of fused-ring (bicyclic) bond motifs is 4. The fourth-order valence-corrected chi connectivity index (χ4v) is 9.51. The molecule has 4 aliphatic heterocycles. The van der Waals surface area contributed by atoms with E-state index in [2.05, 4.69) is 197 Å². The number of anilines is 14. The molecule has 14 rings (SSSR count). The van der Waals surface area contributed by atoms with Crippen LogP contribution in [0.3, 0.4) is 0 Å². The SMILES string of the molecule is CC(C)N1[CH-]N(c2[c-]cccc2)c2ccccc21.CCc1cnc2c(n1)N(c1ccccc1)[CH-]N2c1[c-]cccc1.CCc1cnc2c(n1)N(c1ccccc1)[CH-]N2c1[c-]cccc1.CN1[CH-]N(c2[c-]cccc2)c2ccccc21.[Ir].[Ir]. The molecule has 418 valence electrons. The second kappa shape index (κ2) is 27.4. The normalized spacial score (nSPS) is 13.3. The van der Waals surface area contributed by atoms with Crippen molar-refractivity contribution < 1.29 is 40.2 Å². The Morgan fingerprint density at radius 3 is 1.12 bits per heavy atom. The second-order valence-electron chi connectivity index (χ2n) is 19.2. The second-order valence-corrected chi connectivity index (χ2v) is 19.2. The fourth-order valence-electron chi connectivity index (χ4n) is 9.51. The summed E-state index contributed by atoms with van der Waals surface area (Å²) in [5.41, 5.74) is 13.0. The van der Waals surface area contributed by atoms with E-state index in [1.54, 1.807) is 0 Å². The number of nitrogens with zero attached hydrogens (tertiary/aromatic N) is 12. The van der Waals surface area contributed by atoms with Gasteiger partial charge in [0.05, 0.1) is 23.8 Å². The van der Waals surface area contributed by atoms with E-state index >= 15 is 0 Å². The predicted octanol–water partition coefficient (Wildman–Crippen LogP) is 15.7. The van der Waals surface area contributed by atoms with Gasteiger partial charge in [-0.2, -0.15) is 135 Å². The van der Waals surface area contributed by atoms with Crippen LogP contribution in [-0.4, -0.2) is 33.0 Å². The first-order chi connectivity index (χ1) is 39.4. The van der Waals surface area contributed by atoms with Crippen molar-refractivity contribution in [2.24, 2.45) is 0 Å². The smallest absolute Gasteiger partial charge is 0.146 e. The third-order valence-electron chi connectivity index (χ3n) is 13.6. The van der Waals surface area contributed by atoms with Crippen LogP contribution in [0, 0.1) is 50.9 Å². The van der Waals surface area contributed by atoms with E-state index in [-0.39, 0.29) is 40.2 Å². The summed E-state index contributed by atoms with van der Waals surface area (Å²) < 4.78 is 0. The van der Waals surface area contributed by atoms with Gasteiger partial charge in [-0.1, -0.05) is 74.5 Å². The molecule has 14 heteroatoms. The van der Waals surface area contributed by atoms with Gasteiger partial charge in [-0.15, -0.1) is 36.1 Å². The van der Waals surface area contributed by atoms with Crippen molar-refractivity contribution in [3.63, 3.8) is 0 Å². The zero-order valence-corrected chi connectivity index (χ0v) is 50.9. The molecule has 2 aromatic heterocycles. The van der Waals surface area contributed by atoms with Crippen LogP contribution in [0.2, 0.25) is 0 Å². The van der Waals surface area contributed by atoms with E-state index < -0.39 is 0 Å². The molecule has 0 bridgehead atoms. The molecule has 12 nitrogen and oxygen atoms in total. The van der Waals surface area contributed by atoms with Crippen molar-refractivity contribution in [2.45, 2.75) is 46.6 Å². The number of rotatable bonds is 9. The average Bonchev–Trinajstić information content (AvgIpc) is 4.35. The first kappa shape index (κ1) is 58.3. The van der Waals surface area contributed by atoms with E-state index in [0.29, 0.717) is 6.04 Å². The molecule has 0 saturated heterocycles. The van der Waals surface area contributed by atoms with Crippen molar-refractivity contribution in [2.75, 3.05) is 46.2 Å². The molecule has 0 fully saturated rings. The quantitative estimate of drug-likeness (QED) is 0.129. The molecule has 2 radical (unpaired) electrons. The minimum Gasteiger partial charge on any atom is -0.504 e. The first-order valence-corrected chi connectivity index (χ1v) is 26.9. The van der Waals surface area contributed by atoms with E-state index in [9.17, 15) is 0 Å². The Morgan fingerprint density at radius 2 is 0.732 bits per heavy atom. The molecule has 10 aromatic rings. The molecule has 0 spiro atoms. The van der Waals surface area contributed by atoms with Crippen molar-refractivity contribution in [3.05, 3.63) is 281 Å². The first-order valence-electron chi connectivity index (χ1n) is 26.9. The maximum absolute atomic E-state index is 4.78. The molecule has 8 aromatic carbocycles. The van der Waals surface area contributed by atoms with Crippen molar-refractivity contribution in [1.29, 1.82) is 0 Å². The van der Waals surface area contributed by atoms with Crippen molar-refractivity contribution >= 4 is 80.1 Å². The Bertz CT molecular complexity index is 3450. The van der Waals surface area contributed by atoms with Crippen LogP contribution in [0.1, 0.15) is 39.1 Å². The predicted molar refractivity (Wildman–Crippen MR) is 326 cm³/mol. The summed E-state index contributed by atoms with van der Waals surface area (Å²) in [5.74, 6) is 3.36. The maximum Gasteiger partial charge on any atom is 0.146 e. The third kappa shape index (κ3) is 12.7. The summed E-state index contributed by atoms with van der Waals surface area (Å²) in [4.78, 5) is 35.8. The van der Waals surface area contributed by atoms with Crippen molar-refractivity contribution in [3.8, 4) is 0 Å². The molecule has 0 atom stereocenters. The molecule has 0 N–H and O–H groups in total. The van der Waals surface area contributed by atoms with Gasteiger partial charge in [0.25, 0.3) is 0 Å². The van der Waals surface area contributed by atoms with Gasteiger partial charge in [0.1, 0.15) is 23.3 Å². The number of para-hydroxylation sites is 10. The standard InChI is InChI=1S/2C19H16N4.C16H16N2.C14H12N2.2Ir/c2*1-2-15-13-20-18-19(21-15)23(17-11-7-4-8-12-17)14-22(18)16-9-5-3-6-10-16;1-13(2)17-12-18(14-8-4-3-5-9-14)16-11-7-6-10-15(16)17;1-15-11-16(12-7-3-2-4-8-12)14-10-6-5-9-13(14)15;;/h2*3-9,11-14H,2H2,1H3;3-8,10-13H,1-2H3;2-7,9-11H,1H3;;/q4*-2;;. The number of hydrogen-bond donors (Lipinski definition) is 0. The van der Waals surface area contributed by atoms with Gasteiger partial charge in [0, 0.05) is 74.3 Å². The van der Waals surface area contributed by atoms with E-state index in [4.69, 9.17) is 9.97 Å². The molecule has 0 aliphatic carbocycles. The summed E-state index contributed by atoms with van der Waals surface area (Å²) in [6, 6.07) is 82.5. The van der Waals surface area contributed by atoms with Crippen LogP contribution in [-0.2, 0) is 53.1 Å². The van der Waals surface area contributed by atoms with Crippen LogP contribution < -0.4 is 39.2 Å². The number of benzene rings is 8. The molecular formula is C68H60Ir2N12-8. The summed E-state index contributed by atoms with van der Waals surface area (Å²) in [6.45, 7) is 16.8. The monoisotopic (exact) mass is 1430 g/mol. The van der Waals surface area contributed by atoms with E-state index in [1.165, 1.54) is 22.7 Å². The Kier molecular flexibility index (Phi) is 19.5. The number of aromatic nitrogens is 4. The zero-order valence-electron chi connectivity index (χ0n) is 46.1. The summed E-state index contributed by atoms with van der Waals surface area (Å²) in [7, 11) is 2.06. The maximum atomic E-state index is 4.78. The van der Waals surface area contributed by atoms with Crippen LogP contribution in [0.4, 0.5) is 80.1 Å². The van der Waals surface area contributed by atoms with Gasteiger partial charge in [-0.3, -0.25) is 0 Å². The van der Waals surface area contributed by atoms with E-state index in [0.717, 1.165) is 81.6 Å². The van der Waals surface area contributed by atoms with Gasteiger partial charge in [-0.05, 0) is 88.3 Å². The number of aryl methyl sites for hydroxylation is 2. The molecule has 6 heterocycles. The summed E-state index contributed by atoms with van der Waals surface area (Å²) in [5, 5.41) is 0. The van der Waals surface area contributed by atoms with Crippen LogP contribution in [0.25, 0.3) is 0 Å². The van der Waals surface area contributed by atoms with Crippen molar-refractivity contribution in [1.82, 2.24) is 19.9 Å². The largest absolute Gasteiger partial charge is 0.504 e. The van der Waals surface area contributed by atoms with Gasteiger partial charge in [-0.25, -0.2) is 19.9 Å². The Labute approximate surface area is 510 Å². The van der Waals surface area contributed by atoms with Crippen LogP contribution in [0.5, 0.6) is 0 Å². The van der Waals surface area contributed by atoms with Gasteiger partial charge < -0.3 is 39.2 Å². The molecular weight excluding hydrogens is 1370 g/mol. The van der Waals surface area contributed by atoms with Gasteiger partial charge >= 0.3 is 0 Å². The molecule has 0 amide bonds. The third-order valence-corrected chi connectivity index (χ3v) is 13.6. The van der Waals surface area contributed by atoms with Gasteiger partial charge in [0.2, 0.25) is 0 Å².